The van der Waals surface area contributed by atoms with Crippen molar-refractivity contribution in [1.29, 1.82) is 0 Å². The number of hydrogen-bond donors (Lipinski definition) is 1. The zero-order valence-electron chi connectivity index (χ0n) is 13.8. The van der Waals surface area contributed by atoms with Gasteiger partial charge in [0.1, 0.15) is 0 Å². The topological polar surface area (TPSA) is 64.4 Å². The van der Waals surface area contributed by atoms with Crippen LogP contribution in [-0.2, 0) is 22.7 Å². The Hall–Kier alpha value is -1.66. The van der Waals surface area contributed by atoms with Crippen LogP contribution < -0.4 is 0 Å². The van der Waals surface area contributed by atoms with E-state index in [0.29, 0.717) is 6.54 Å². The van der Waals surface area contributed by atoms with Gasteiger partial charge in [-0.05, 0) is 25.5 Å². The Labute approximate surface area is 168 Å². The van der Waals surface area contributed by atoms with E-state index in [2.05, 4.69) is 17.2 Å². The Balaban J connectivity index is 0.00000225. The number of rotatable bonds is 6. The molecule has 2 aromatic carbocycles. The second-order valence-electron chi connectivity index (χ2n) is 6.21. The Bertz CT molecular complexity index is 859. The number of para-hydroxylation sites is 1. The van der Waals surface area contributed by atoms with Crippen LogP contribution in [-0.4, -0.2) is 56.0 Å². The molecule has 0 spiro atoms. The first-order valence-electron chi connectivity index (χ1n) is 7.83. The van der Waals surface area contributed by atoms with Gasteiger partial charge in [0.15, 0.2) is 5.60 Å². The van der Waals surface area contributed by atoms with E-state index in [-0.39, 0.29) is 36.2 Å². The molecular weight excluding hydrogens is 327 g/mol. The molecule has 5 nitrogen and oxygen atoms in total. The summed E-state index contributed by atoms with van der Waals surface area (Å²) in [5.74, 6) is -0.990. The van der Waals surface area contributed by atoms with Crippen LogP contribution in [0.1, 0.15) is 25.1 Å². The SMILES string of the molecule is CC(C)(OCc1nn(Cc2ccccc2)c2ccccc12)C(=O)O.[NaH]. The summed E-state index contributed by atoms with van der Waals surface area (Å²) in [6.07, 6.45) is 0. The first kappa shape index (κ1) is 19.7. The molecular formula is C19H21N2NaO3. The van der Waals surface area contributed by atoms with Crippen LogP contribution in [0.5, 0.6) is 0 Å². The third-order valence-corrected chi connectivity index (χ3v) is 3.99. The zero-order chi connectivity index (χ0) is 17.2. The van der Waals surface area contributed by atoms with Crippen LogP contribution >= 0.6 is 0 Å². The van der Waals surface area contributed by atoms with E-state index in [1.807, 2.05) is 47.1 Å². The average Bonchev–Trinajstić information content (AvgIpc) is 2.92. The standard InChI is InChI=1S/C19H20N2O3.Na.H/c1-19(2,18(22)23)24-13-16-15-10-6-7-11-17(15)21(20-16)12-14-8-4-3-5-9-14;;/h3-11H,12-13H2,1-2H3,(H,22,23);;. The summed E-state index contributed by atoms with van der Waals surface area (Å²) in [5, 5.41) is 14.8. The average molecular weight is 348 g/mol. The number of ether oxygens (including phenoxy) is 1. The molecule has 0 fully saturated rings. The van der Waals surface area contributed by atoms with Crippen LogP contribution in [0.15, 0.2) is 54.6 Å². The van der Waals surface area contributed by atoms with Crippen molar-refractivity contribution >= 4 is 46.4 Å². The normalized spacial score (nSPS) is 11.3. The molecule has 25 heavy (non-hydrogen) atoms. The molecule has 0 saturated carbocycles. The Morgan fingerprint density at radius 2 is 1.76 bits per heavy atom. The quantitative estimate of drug-likeness (QED) is 0.696. The monoisotopic (exact) mass is 348 g/mol. The molecule has 3 rings (SSSR count). The van der Waals surface area contributed by atoms with Crippen molar-refractivity contribution in [1.82, 2.24) is 9.78 Å². The van der Waals surface area contributed by atoms with Gasteiger partial charge < -0.3 is 9.84 Å². The van der Waals surface area contributed by atoms with E-state index in [0.717, 1.165) is 22.2 Å². The minimum atomic E-state index is -1.25. The van der Waals surface area contributed by atoms with E-state index in [1.165, 1.54) is 0 Å². The second-order valence-corrected chi connectivity index (χ2v) is 6.21. The summed E-state index contributed by atoms with van der Waals surface area (Å²) >= 11 is 0. The van der Waals surface area contributed by atoms with Gasteiger partial charge in [-0.25, -0.2) is 4.79 Å². The van der Waals surface area contributed by atoms with E-state index >= 15 is 0 Å². The predicted molar refractivity (Wildman–Crippen MR) is 98.9 cm³/mol. The third kappa shape index (κ3) is 4.50. The van der Waals surface area contributed by atoms with Gasteiger partial charge in [0.2, 0.25) is 0 Å². The number of aromatic nitrogens is 2. The maximum atomic E-state index is 11.2. The van der Waals surface area contributed by atoms with Crippen molar-refractivity contribution in [2.75, 3.05) is 0 Å². The van der Waals surface area contributed by atoms with Gasteiger partial charge in [0.25, 0.3) is 0 Å². The summed E-state index contributed by atoms with van der Waals surface area (Å²) < 4.78 is 7.50. The van der Waals surface area contributed by atoms with Gasteiger partial charge in [-0.1, -0.05) is 48.5 Å². The summed E-state index contributed by atoms with van der Waals surface area (Å²) in [6.45, 7) is 3.89. The summed E-state index contributed by atoms with van der Waals surface area (Å²) in [4.78, 5) is 11.2. The number of fused-ring (bicyclic) bond motifs is 1. The number of aliphatic carboxylic acids is 1. The Kier molecular flexibility index (Phi) is 6.41. The van der Waals surface area contributed by atoms with Crippen LogP contribution in [0.2, 0.25) is 0 Å². The van der Waals surface area contributed by atoms with Crippen LogP contribution in [0.25, 0.3) is 10.9 Å². The van der Waals surface area contributed by atoms with Crippen LogP contribution in [0.4, 0.5) is 0 Å². The van der Waals surface area contributed by atoms with Crippen LogP contribution in [0, 0.1) is 0 Å². The third-order valence-electron chi connectivity index (χ3n) is 3.99. The van der Waals surface area contributed by atoms with Crippen molar-refractivity contribution in [3.05, 3.63) is 65.9 Å². The molecule has 3 aromatic rings. The number of hydrogen-bond acceptors (Lipinski definition) is 3. The van der Waals surface area contributed by atoms with E-state index in [9.17, 15) is 9.90 Å². The van der Waals surface area contributed by atoms with Crippen molar-refractivity contribution in [2.45, 2.75) is 32.6 Å². The molecule has 6 heteroatoms. The molecule has 126 valence electrons. The first-order chi connectivity index (χ1) is 11.5. The van der Waals surface area contributed by atoms with E-state index in [1.54, 1.807) is 13.8 Å². The Morgan fingerprint density at radius 3 is 2.44 bits per heavy atom. The first-order valence-corrected chi connectivity index (χ1v) is 7.83. The number of benzene rings is 2. The molecule has 1 aromatic heterocycles. The number of carboxylic acid groups (broad SMARTS) is 1. The number of nitrogens with zero attached hydrogens (tertiary/aromatic N) is 2. The Morgan fingerprint density at radius 1 is 1.12 bits per heavy atom. The molecule has 1 N–H and O–H groups in total. The molecule has 0 atom stereocenters. The van der Waals surface area contributed by atoms with Crippen molar-refractivity contribution in [2.24, 2.45) is 0 Å². The number of carbonyl (C=O) groups is 1. The summed E-state index contributed by atoms with van der Waals surface area (Å²) in [6, 6.07) is 18.0. The van der Waals surface area contributed by atoms with Crippen molar-refractivity contribution < 1.29 is 14.6 Å². The van der Waals surface area contributed by atoms with E-state index in [4.69, 9.17) is 4.74 Å². The minimum absolute atomic E-state index is 0. The van der Waals surface area contributed by atoms with Crippen molar-refractivity contribution in [3.8, 4) is 0 Å². The molecule has 0 amide bonds. The van der Waals surface area contributed by atoms with Gasteiger partial charge in [0, 0.05) is 5.39 Å². The van der Waals surface area contributed by atoms with Crippen molar-refractivity contribution in [3.63, 3.8) is 0 Å². The fourth-order valence-corrected chi connectivity index (χ4v) is 2.49. The molecule has 0 bridgehead atoms. The molecule has 0 aliphatic rings. The van der Waals surface area contributed by atoms with Gasteiger partial charge in [-0.2, -0.15) is 5.10 Å². The maximum absolute atomic E-state index is 11.2. The molecule has 0 aliphatic heterocycles. The van der Waals surface area contributed by atoms with Gasteiger partial charge >= 0.3 is 35.5 Å². The fraction of sp³-hybridized carbons (Fsp3) is 0.263. The van der Waals surface area contributed by atoms with Gasteiger partial charge in [0.05, 0.1) is 24.4 Å². The molecule has 0 unspecified atom stereocenters. The number of carboxylic acids is 1. The summed E-state index contributed by atoms with van der Waals surface area (Å²) in [7, 11) is 0. The summed E-state index contributed by atoms with van der Waals surface area (Å²) in [5.41, 5.74) is 1.66. The van der Waals surface area contributed by atoms with Crippen LogP contribution in [0.3, 0.4) is 0 Å². The van der Waals surface area contributed by atoms with Gasteiger partial charge in [-0.3, -0.25) is 4.68 Å². The second kappa shape index (κ2) is 8.15. The molecule has 0 saturated heterocycles. The van der Waals surface area contributed by atoms with Gasteiger partial charge in [-0.15, -0.1) is 0 Å². The van der Waals surface area contributed by atoms with E-state index < -0.39 is 11.6 Å². The predicted octanol–water partition coefficient (Wildman–Crippen LogP) is 2.82. The molecule has 0 radical (unpaired) electrons. The fourth-order valence-electron chi connectivity index (χ4n) is 2.49. The molecule has 1 heterocycles. The molecule has 0 aliphatic carbocycles. The zero-order valence-corrected chi connectivity index (χ0v) is 13.8.